The lowest BCUT2D eigenvalue weighted by Gasteiger charge is -2.26. The van der Waals surface area contributed by atoms with Crippen LogP contribution in [0.3, 0.4) is 0 Å². The van der Waals surface area contributed by atoms with Crippen molar-refractivity contribution >= 4 is 23.4 Å². The van der Waals surface area contributed by atoms with Crippen LogP contribution in [0.4, 0.5) is 0 Å². The van der Waals surface area contributed by atoms with Crippen molar-refractivity contribution in [2.24, 2.45) is 0 Å². The zero-order valence-corrected chi connectivity index (χ0v) is 17.0. The van der Waals surface area contributed by atoms with Gasteiger partial charge in [0.2, 0.25) is 16.9 Å². The predicted molar refractivity (Wildman–Crippen MR) is 114 cm³/mol. The van der Waals surface area contributed by atoms with E-state index >= 15 is 0 Å². The Labute approximate surface area is 174 Å². The van der Waals surface area contributed by atoms with Crippen molar-refractivity contribution in [3.63, 3.8) is 0 Å². The smallest absolute Gasteiger partial charge is 0.235 e. The lowest BCUT2D eigenvalue weighted by atomic mass is 10.1. The van der Waals surface area contributed by atoms with Crippen molar-refractivity contribution in [1.82, 2.24) is 4.90 Å². The molecule has 6 nitrogen and oxygen atoms in total. The molecule has 154 valence electrons. The molecule has 3 aromatic rings. The fourth-order valence-corrected chi connectivity index (χ4v) is 3.74. The lowest BCUT2D eigenvalue weighted by Crippen LogP contribution is -2.28. The molecule has 0 radical (unpaired) electrons. The lowest BCUT2D eigenvalue weighted by molar-refractivity contribution is 0.221. The van der Waals surface area contributed by atoms with Crippen molar-refractivity contribution in [2.45, 2.75) is 25.8 Å². The second-order valence-electron chi connectivity index (χ2n) is 7.14. The number of nitrogens with zero attached hydrogens (tertiary/aromatic N) is 1. The van der Waals surface area contributed by atoms with Gasteiger partial charge < -0.3 is 19.4 Å². The maximum Gasteiger partial charge on any atom is 0.235 e. The van der Waals surface area contributed by atoms with Crippen LogP contribution in [0.2, 0.25) is 0 Å². The molecule has 2 aromatic carbocycles. The Bertz CT molecular complexity index is 1060. The van der Waals surface area contributed by atoms with Gasteiger partial charge in [0.1, 0.15) is 0 Å². The highest BCUT2D eigenvalue weighted by Crippen LogP contribution is 2.38. The molecular formula is C22H24ClNO5. The fourth-order valence-electron chi connectivity index (χ4n) is 3.74. The van der Waals surface area contributed by atoms with Crippen molar-refractivity contribution < 1.29 is 19.4 Å². The number of aromatic hydroxyl groups is 2. The van der Waals surface area contributed by atoms with E-state index in [1.807, 2.05) is 24.3 Å². The number of ether oxygens (including phenoxy) is 1. The first kappa shape index (κ1) is 21.0. The van der Waals surface area contributed by atoms with Crippen molar-refractivity contribution in [3.05, 3.63) is 52.2 Å². The van der Waals surface area contributed by atoms with Gasteiger partial charge in [0.15, 0.2) is 17.1 Å². The number of methoxy groups -OCH3 is 1. The highest BCUT2D eigenvalue weighted by Gasteiger charge is 2.20. The van der Waals surface area contributed by atoms with Gasteiger partial charge in [0.25, 0.3) is 0 Å². The highest BCUT2D eigenvalue weighted by molar-refractivity contribution is 5.88. The highest BCUT2D eigenvalue weighted by atomic mass is 35.5. The summed E-state index contributed by atoms with van der Waals surface area (Å²) < 4.78 is 11.0. The summed E-state index contributed by atoms with van der Waals surface area (Å²) in [6, 6.07) is 10.4. The Morgan fingerprint density at radius 2 is 1.72 bits per heavy atom. The van der Waals surface area contributed by atoms with Gasteiger partial charge in [-0.15, -0.1) is 12.4 Å². The Morgan fingerprint density at radius 1 is 1.03 bits per heavy atom. The summed E-state index contributed by atoms with van der Waals surface area (Å²) in [6.07, 6.45) is 3.78. The second kappa shape index (κ2) is 8.76. The average molecular weight is 418 g/mol. The van der Waals surface area contributed by atoms with E-state index in [0.717, 1.165) is 19.6 Å². The fraction of sp³-hybridized carbons (Fsp3) is 0.318. The number of piperidine rings is 1. The molecule has 1 aliphatic heterocycles. The van der Waals surface area contributed by atoms with Crippen LogP contribution in [0.5, 0.6) is 17.2 Å². The third kappa shape index (κ3) is 4.04. The van der Waals surface area contributed by atoms with Gasteiger partial charge in [0, 0.05) is 12.1 Å². The zero-order chi connectivity index (χ0) is 19.7. The summed E-state index contributed by atoms with van der Waals surface area (Å²) in [5.74, 6) is -0.459. The maximum atomic E-state index is 12.6. The number of rotatable bonds is 4. The topological polar surface area (TPSA) is 83.1 Å². The molecule has 0 atom stereocenters. The van der Waals surface area contributed by atoms with E-state index in [9.17, 15) is 15.0 Å². The molecule has 0 unspecified atom stereocenters. The van der Waals surface area contributed by atoms with E-state index in [0.29, 0.717) is 5.56 Å². The zero-order valence-electron chi connectivity index (χ0n) is 16.2. The average Bonchev–Trinajstić information content (AvgIpc) is 2.72. The number of likely N-dealkylation sites (tertiary alicyclic amines) is 1. The summed E-state index contributed by atoms with van der Waals surface area (Å²) in [4.78, 5) is 15.0. The molecule has 1 aromatic heterocycles. The van der Waals surface area contributed by atoms with E-state index in [2.05, 4.69) is 4.90 Å². The molecule has 1 saturated heterocycles. The first-order valence-corrected chi connectivity index (χ1v) is 9.46. The third-order valence-electron chi connectivity index (χ3n) is 5.25. The van der Waals surface area contributed by atoms with Gasteiger partial charge >= 0.3 is 0 Å². The molecule has 1 fully saturated rings. The van der Waals surface area contributed by atoms with Crippen LogP contribution in [0.1, 0.15) is 24.8 Å². The maximum absolute atomic E-state index is 12.6. The molecule has 4 rings (SSSR count). The van der Waals surface area contributed by atoms with Crippen LogP contribution < -0.4 is 10.2 Å². The summed E-state index contributed by atoms with van der Waals surface area (Å²) in [7, 11) is 1.39. The van der Waals surface area contributed by atoms with Crippen LogP contribution in [-0.2, 0) is 6.54 Å². The minimum atomic E-state index is -0.563. The van der Waals surface area contributed by atoms with Gasteiger partial charge in [-0.25, -0.2) is 0 Å². The van der Waals surface area contributed by atoms with Gasteiger partial charge in [-0.3, -0.25) is 9.69 Å². The molecule has 0 amide bonds. The number of fused-ring (bicyclic) bond motifs is 1. The summed E-state index contributed by atoms with van der Waals surface area (Å²) in [5, 5.41) is 20.5. The summed E-state index contributed by atoms with van der Waals surface area (Å²) >= 11 is 0. The third-order valence-corrected chi connectivity index (χ3v) is 5.25. The Morgan fingerprint density at radius 3 is 2.38 bits per heavy atom. The summed E-state index contributed by atoms with van der Waals surface area (Å²) in [5.41, 5.74) is 1.30. The van der Waals surface area contributed by atoms with Crippen molar-refractivity contribution in [2.75, 3.05) is 20.2 Å². The SMILES string of the molecule is COc1c(O)ccc2c(=O)c(O)c(-c3ccc(CN4CCCCC4)cc3)oc12.Cl. The van der Waals surface area contributed by atoms with E-state index in [1.165, 1.54) is 44.1 Å². The summed E-state index contributed by atoms with van der Waals surface area (Å²) in [6.45, 7) is 3.12. The molecule has 0 saturated carbocycles. The molecule has 29 heavy (non-hydrogen) atoms. The Hall–Kier alpha value is -2.70. The van der Waals surface area contributed by atoms with Crippen LogP contribution in [0.25, 0.3) is 22.3 Å². The van der Waals surface area contributed by atoms with Gasteiger partial charge in [0.05, 0.1) is 12.5 Å². The van der Waals surface area contributed by atoms with Crippen LogP contribution in [0, 0.1) is 0 Å². The predicted octanol–water partition coefficient (Wildman–Crippen LogP) is 4.29. The minimum Gasteiger partial charge on any atom is -0.504 e. The molecule has 7 heteroatoms. The first-order valence-electron chi connectivity index (χ1n) is 9.46. The number of benzene rings is 2. The van der Waals surface area contributed by atoms with Crippen LogP contribution in [0.15, 0.2) is 45.6 Å². The Balaban J connectivity index is 0.00000240. The first-order chi connectivity index (χ1) is 13.6. The van der Waals surface area contributed by atoms with E-state index in [4.69, 9.17) is 9.15 Å². The molecule has 2 N–H and O–H groups in total. The monoisotopic (exact) mass is 417 g/mol. The van der Waals surface area contributed by atoms with Crippen LogP contribution in [-0.4, -0.2) is 35.3 Å². The number of phenolic OH excluding ortho intramolecular Hbond substituents is 1. The van der Waals surface area contributed by atoms with Crippen LogP contribution >= 0.6 is 12.4 Å². The largest absolute Gasteiger partial charge is 0.504 e. The van der Waals surface area contributed by atoms with E-state index < -0.39 is 11.2 Å². The molecular weight excluding hydrogens is 394 g/mol. The van der Waals surface area contributed by atoms with Crippen molar-refractivity contribution in [3.8, 4) is 28.6 Å². The molecule has 1 aliphatic rings. The molecule has 0 bridgehead atoms. The molecule has 0 spiro atoms. The Kier molecular flexibility index (Phi) is 6.35. The quantitative estimate of drug-likeness (QED) is 0.659. The van der Waals surface area contributed by atoms with Crippen molar-refractivity contribution in [1.29, 1.82) is 0 Å². The van der Waals surface area contributed by atoms with Gasteiger partial charge in [-0.05, 0) is 43.6 Å². The number of hydrogen-bond donors (Lipinski definition) is 2. The number of hydrogen-bond acceptors (Lipinski definition) is 6. The number of halogens is 1. The van der Waals surface area contributed by atoms with E-state index in [1.54, 1.807) is 0 Å². The van der Waals surface area contributed by atoms with E-state index in [-0.39, 0.29) is 40.6 Å². The standard InChI is InChI=1S/C22H23NO5.ClH/c1-27-22-17(24)10-9-16-18(25)19(26)20(28-21(16)22)15-7-5-14(6-8-15)13-23-11-3-2-4-12-23;/h5-10,24,26H,2-4,11-13H2,1H3;1H. The van der Waals surface area contributed by atoms with Gasteiger partial charge in [-0.1, -0.05) is 30.7 Å². The normalized spacial score (nSPS) is 14.5. The minimum absolute atomic E-state index is 0. The van der Waals surface area contributed by atoms with Gasteiger partial charge in [-0.2, -0.15) is 0 Å². The molecule has 0 aliphatic carbocycles. The second-order valence-corrected chi connectivity index (χ2v) is 7.14. The number of phenols is 1. The molecule has 2 heterocycles.